The summed E-state index contributed by atoms with van der Waals surface area (Å²) >= 11 is 0. The maximum Gasteiger partial charge on any atom is 0.141 e. The zero-order chi connectivity index (χ0) is 22.5. The Balaban J connectivity index is 1.54. The van der Waals surface area contributed by atoms with Crippen molar-refractivity contribution in [3.8, 4) is 23.1 Å². The lowest BCUT2D eigenvalue weighted by atomic mass is 9.98. The smallest absolute Gasteiger partial charge is 0.141 e. The largest absolute Gasteiger partial charge is 0.488 e. The second-order valence-corrected chi connectivity index (χ2v) is 7.38. The molecule has 3 nitrogen and oxygen atoms in total. The molecule has 32 heavy (non-hydrogen) atoms. The van der Waals surface area contributed by atoms with E-state index in [1.807, 2.05) is 30.3 Å². The Hall–Kier alpha value is -4.04. The third-order valence-corrected chi connectivity index (χ3v) is 5.27. The number of pyridine rings is 1. The Kier molecular flexibility index (Phi) is 6.23. The SMILES string of the molecule is C=CCOc1ccc(-c2ccc3c(F)c(CCc4ccc(C#N)c(F)c4)ccc3c2)nc1. The first-order chi connectivity index (χ1) is 15.6. The zero-order valence-corrected chi connectivity index (χ0v) is 17.3. The van der Waals surface area contributed by atoms with Gasteiger partial charge in [0.15, 0.2) is 0 Å². The van der Waals surface area contributed by atoms with Gasteiger partial charge in [0.05, 0.1) is 17.5 Å². The summed E-state index contributed by atoms with van der Waals surface area (Å²) in [6.07, 6.45) is 4.23. The van der Waals surface area contributed by atoms with Crippen LogP contribution in [0.25, 0.3) is 22.0 Å². The lowest BCUT2D eigenvalue weighted by molar-refractivity contribution is 0.362. The van der Waals surface area contributed by atoms with E-state index in [-0.39, 0.29) is 11.4 Å². The van der Waals surface area contributed by atoms with Gasteiger partial charge >= 0.3 is 0 Å². The Bertz CT molecular complexity index is 1320. The molecule has 0 fully saturated rings. The monoisotopic (exact) mass is 426 g/mol. The molecule has 0 aliphatic heterocycles. The maximum atomic E-state index is 15.1. The van der Waals surface area contributed by atoms with Crippen LogP contribution in [0.15, 0.2) is 79.5 Å². The number of ether oxygens (including phenoxy) is 1. The summed E-state index contributed by atoms with van der Waals surface area (Å²) in [6, 6.07) is 19.2. The lowest BCUT2D eigenvalue weighted by Gasteiger charge is -2.09. The van der Waals surface area contributed by atoms with Crippen LogP contribution in [0.3, 0.4) is 0 Å². The summed E-state index contributed by atoms with van der Waals surface area (Å²) < 4.78 is 34.4. The Morgan fingerprint density at radius 2 is 1.88 bits per heavy atom. The Morgan fingerprint density at radius 3 is 2.59 bits per heavy atom. The number of aromatic nitrogens is 1. The highest BCUT2D eigenvalue weighted by Gasteiger charge is 2.10. The minimum absolute atomic E-state index is 0.00913. The first kappa shape index (κ1) is 21.2. The molecule has 0 saturated heterocycles. The molecule has 0 atom stereocenters. The van der Waals surface area contributed by atoms with Crippen molar-refractivity contribution in [2.75, 3.05) is 6.61 Å². The van der Waals surface area contributed by atoms with E-state index in [1.54, 1.807) is 36.5 Å². The maximum absolute atomic E-state index is 15.1. The predicted molar refractivity (Wildman–Crippen MR) is 121 cm³/mol. The summed E-state index contributed by atoms with van der Waals surface area (Å²) in [5, 5.41) is 10.1. The molecule has 4 aromatic rings. The highest BCUT2D eigenvalue weighted by atomic mass is 19.1. The number of hydrogen-bond donors (Lipinski definition) is 0. The number of aryl methyl sites for hydroxylation is 2. The lowest BCUT2D eigenvalue weighted by Crippen LogP contribution is -1.97. The summed E-state index contributed by atoms with van der Waals surface area (Å²) in [6.45, 7) is 4.03. The van der Waals surface area contributed by atoms with E-state index in [0.717, 1.165) is 22.2 Å². The van der Waals surface area contributed by atoms with Crippen LogP contribution < -0.4 is 4.74 Å². The number of fused-ring (bicyclic) bond motifs is 1. The number of halogens is 2. The molecule has 0 bridgehead atoms. The molecule has 1 aromatic heterocycles. The molecule has 0 saturated carbocycles. The van der Waals surface area contributed by atoms with Crippen molar-refractivity contribution in [1.82, 2.24) is 4.98 Å². The first-order valence-corrected chi connectivity index (χ1v) is 10.2. The Morgan fingerprint density at radius 1 is 1.00 bits per heavy atom. The second-order valence-electron chi connectivity index (χ2n) is 7.38. The third-order valence-electron chi connectivity index (χ3n) is 5.27. The predicted octanol–water partition coefficient (Wildman–Crippen LogP) is 6.40. The van der Waals surface area contributed by atoms with Crippen LogP contribution in [0, 0.1) is 23.0 Å². The number of nitrogens with zero attached hydrogens (tertiary/aromatic N) is 2. The van der Waals surface area contributed by atoms with Gasteiger partial charge in [-0.05, 0) is 59.7 Å². The third kappa shape index (κ3) is 4.50. The normalized spacial score (nSPS) is 10.7. The van der Waals surface area contributed by atoms with Crippen LogP contribution in [0.4, 0.5) is 8.78 Å². The van der Waals surface area contributed by atoms with Crippen LogP contribution >= 0.6 is 0 Å². The second kappa shape index (κ2) is 9.40. The van der Waals surface area contributed by atoms with E-state index in [1.165, 1.54) is 12.1 Å². The molecule has 0 unspecified atom stereocenters. The molecule has 3 aromatic carbocycles. The van der Waals surface area contributed by atoms with Crippen LogP contribution in [-0.2, 0) is 12.8 Å². The first-order valence-electron chi connectivity index (χ1n) is 10.2. The van der Waals surface area contributed by atoms with Gasteiger partial charge in [0.1, 0.15) is 30.1 Å². The van der Waals surface area contributed by atoms with Crippen molar-refractivity contribution >= 4 is 10.8 Å². The highest BCUT2D eigenvalue weighted by molar-refractivity contribution is 5.88. The molecule has 0 amide bonds. The van der Waals surface area contributed by atoms with Crippen LogP contribution in [-0.4, -0.2) is 11.6 Å². The van der Waals surface area contributed by atoms with Crippen molar-refractivity contribution in [2.45, 2.75) is 12.8 Å². The summed E-state index contributed by atoms with van der Waals surface area (Å²) in [5.41, 5.74) is 2.95. The number of rotatable bonds is 7. The van der Waals surface area contributed by atoms with Crippen molar-refractivity contribution < 1.29 is 13.5 Å². The minimum Gasteiger partial charge on any atom is -0.488 e. The van der Waals surface area contributed by atoms with Crippen LogP contribution in [0.2, 0.25) is 0 Å². The fraction of sp³-hybridized carbons (Fsp3) is 0.111. The van der Waals surface area contributed by atoms with Crippen molar-refractivity contribution in [1.29, 1.82) is 5.26 Å². The highest BCUT2D eigenvalue weighted by Crippen LogP contribution is 2.28. The van der Waals surface area contributed by atoms with Gasteiger partial charge in [0.2, 0.25) is 0 Å². The van der Waals surface area contributed by atoms with Gasteiger partial charge in [-0.1, -0.05) is 43.0 Å². The summed E-state index contributed by atoms with van der Waals surface area (Å²) in [7, 11) is 0. The molecule has 1 heterocycles. The van der Waals surface area contributed by atoms with E-state index in [2.05, 4.69) is 11.6 Å². The summed E-state index contributed by atoms with van der Waals surface area (Å²) in [5.74, 6) is -0.165. The molecule has 0 radical (unpaired) electrons. The van der Waals surface area contributed by atoms with E-state index < -0.39 is 5.82 Å². The molecular weight excluding hydrogens is 406 g/mol. The van der Waals surface area contributed by atoms with Crippen molar-refractivity contribution in [3.63, 3.8) is 0 Å². The average Bonchev–Trinajstić information content (AvgIpc) is 2.82. The standard InChI is InChI=1S/C27H20F2N2O/c1-2-13-32-23-10-12-26(31-17-23)21-9-11-24-20(15-21)8-7-19(27(24)29)5-3-18-4-6-22(16-30)25(28)14-18/h2,4,6-12,14-15,17H,1,3,5,13H2. The van der Waals surface area contributed by atoms with Gasteiger partial charge in [-0.3, -0.25) is 4.98 Å². The Labute approximate surface area is 185 Å². The van der Waals surface area contributed by atoms with Gasteiger partial charge in [0, 0.05) is 10.9 Å². The number of hydrogen-bond acceptors (Lipinski definition) is 3. The van der Waals surface area contributed by atoms with E-state index >= 15 is 4.39 Å². The van der Waals surface area contributed by atoms with E-state index in [9.17, 15) is 4.39 Å². The molecule has 5 heteroatoms. The van der Waals surface area contributed by atoms with Crippen LogP contribution in [0.5, 0.6) is 5.75 Å². The molecule has 0 aliphatic carbocycles. The molecule has 0 N–H and O–H groups in total. The molecule has 158 valence electrons. The molecule has 0 spiro atoms. The van der Waals surface area contributed by atoms with Gasteiger partial charge in [-0.15, -0.1) is 0 Å². The average molecular weight is 426 g/mol. The fourth-order valence-corrected chi connectivity index (χ4v) is 3.56. The quantitative estimate of drug-likeness (QED) is 0.321. The number of benzene rings is 3. The van der Waals surface area contributed by atoms with Gasteiger partial charge in [-0.2, -0.15) is 5.26 Å². The molecule has 0 aliphatic rings. The van der Waals surface area contributed by atoms with Gasteiger partial charge < -0.3 is 4.74 Å². The fourth-order valence-electron chi connectivity index (χ4n) is 3.56. The van der Waals surface area contributed by atoms with Gasteiger partial charge in [-0.25, -0.2) is 8.78 Å². The van der Waals surface area contributed by atoms with E-state index in [0.29, 0.717) is 36.1 Å². The van der Waals surface area contributed by atoms with Crippen LogP contribution in [0.1, 0.15) is 16.7 Å². The number of nitriles is 1. The van der Waals surface area contributed by atoms with Crippen molar-refractivity contribution in [3.05, 3.63) is 108 Å². The molecular formula is C27H20F2N2O. The minimum atomic E-state index is -0.551. The van der Waals surface area contributed by atoms with Gasteiger partial charge in [0.25, 0.3) is 0 Å². The molecule has 4 rings (SSSR count). The van der Waals surface area contributed by atoms with E-state index in [4.69, 9.17) is 10.00 Å². The van der Waals surface area contributed by atoms with Crippen molar-refractivity contribution in [2.24, 2.45) is 0 Å². The zero-order valence-electron chi connectivity index (χ0n) is 17.3. The summed E-state index contributed by atoms with van der Waals surface area (Å²) in [4.78, 5) is 4.43. The topological polar surface area (TPSA) is 45.9 Å².